The summed E-state index contributed by atoms with van der Waals surface area (Å²) in [6, 6.07) is 4.48. The highest BCUT2D eigenvalue weighted by molar-refractivity contribution is 7.89. The lowest BCUT2D eigenvalue weighted by Gasteiger charge is -2.26. The van der Waals surface area contributed by atoms with Gasteiger partial charge in [0, 0.05) is 41.6 Å². The third-order valence-corrected chi connectivity index (χ3v) is 7.66. The first-order valence-electron chi connectivity index (χ1n) is 10.4. The monoisotopic (exact) mass is 482 g/mol. The van der Waals surface area contributed by atoms with Crippen molar-refractivity contribution in [3.63, 3.8) is 0 Å². The number of pyridine rings is 1. The Hall–Kier alpha value is -2.40. The smallest absolute Gasteiger partial charge is 0.340 e. The number of fused-ring (bicyclic) bond motifs is 3. The molecule has 1 fully saturated rings. The Morgan fingerprint density at radius 3 is 2.72 bits per heavy atom. The van der Waals surface area contributed by atoms with Gasteiger partial charge in [-0.2, -0.15) is 4.31 Å². The molecule has 1 aromatic carbocycles. The molecule has 11 heteroatoms. The van der Waals surface area contributed by atoms with E-state index in [1.165, 1.54) is 22.6 Å². The Morgan fingerprint density at radius 2 is 2.06 bits per heavy atom. The Morgan fingerprint density at radius 1 is 1.28 bits per heavy atom. The fourth-order valence-corrected chi connectivity index (χ4v) is 5.84. The molecule has 0 bridgehead atoms. The minimum atomic E-state index is -3.76. The van der Waals surface area contributed by atoms with Crippen molar-refractivity contribution in [3.8, 4) is 0 Å². The second kappa shape index (κ2) is 9.62. The Balaban J connectivity index is 0.00000289. The number of halogens is 1. The first-order chi connectivity index (χ1) is 14.9. The average Bonchev–Trinajstić information content (AvgIpc) is 3.43. The van der Waals surface area contributed by atoms with Crippen molar-refractivity contribution in [2.75, 3.05) is 26.2 Å². The van der Waals surface area contributed by atoms with Gasteiger partial charge < -0.3 is 20.0 Å². The first kappa shape index (κ1) is 24.2. The lowest BCUT2D eigenvalue weighted by atomic mass is 10.1. The van der Waals surface area contributed by atoms with Crippen LogP contribution in [0.5, 0.6) is 0 Å². The van der Waals surface area contributed by atoms with Crippen LogP contribution < -0.4 is 10.9 Å². The Labute approximate surface area is 192 Å². The number of hydrogen-bond acceptors (Lipinski definition) is 6. The summed E-state index contributed by atoms with van der Waals surface area (Å²) in [5, 5.41) is 4.04. The topological polar surface area (TPSA) is 124 Å². The van der Waals surface area contributed by atoms with Gasteiger partial charge in [0.2, 0.25) is 10.0 Å². The fraction of sp³-hybridized carbons (Fsp3) is 0.429. The summed E-state index contributed by atoms with van der Waals surface area (Å²) in [7, 11) is -3.76. The van der Waals surface area contributed by atoms with Gasteiger partial charge in [-0.25, -0.2) is 13.2 Å². The van der Waals surface area contributed by atoms with Crippen molar-refractivity contribution in [2.45, 2.75) is 37.6 Å². The van der Waals surface area contributed by atoms with Gasteiger partial charge in [-0.3, -0.25) is 4.79 Å². The molecule has 0 aliphatic carbocycles. The average molecular weight is 483 g/mol. The molecule has 32 heavy (non-hydrogen) atoms. The molecule has 0 amide bonds. The minimum Gasteiger partial charge on any atom is -0.462 e. The number of carbonyl (C=O) groups is 1. The van der Waals surface area contributed by atoms with Crippen LogP contribution in [-0.2, 0) is 14.8 Å². The quantitative estimate of drug-likeness (QED) is 0.444. The highest BCUT2D eigenvalue weighted by Crippen LogP contribution is 2.29. The fourth-order valence-electron chi connectivity index (χ4n) is 4.15. The first-order valence-corrected chi connectivity index (χ1v) is 11.9. The van der Waals surface area contributed by atoms with Crippen LogP contribution in [-0.4, -0.2) is 60.9 Å². The van der Waals surface area contributed by atoms with Crippen LogP contribution in [0, 0.1) is 0 Å². The van der Waals surface area contributed by atoms with Gasteiger partial charge in [0.05, 0.1) is 17.1 Å². The van der Waals surface area contributed by atoms with Gasteiger partial charge in [0.25, 0.3) is 5.56 Å². The largest absolute Gasteiger partial charge is 0.462 e. The van der Waals surface area contributed by atoms with Crippen molar-refractivity contribution in [1.29, 1.82) is 0 Å². The summed E-state index contributed by atoms with van der Waals surface area (Å²) in [6.07, 6.45) is 2.85. The number of esters is 1. The van der Waals surface area contributed by atoms with Crippen molar-refractivity contribution in [2.24, 2.45) is 0 Å². The zero-order chi connectivity index (χ0) is 22.2. The maximum absolute atomic E-state index is 13.4. The highest BCUT2D eigenvalue weighted by atomic mass is 35.5. The number of aromatic amines is 2. The number of nitrogens with one attached hydrogen (secondary N) is 3. The highest BCUT2D eigenvalue weighted by Gasteiger charge is 2.32. The number of ether oxygens (including phenoxy) is 1. The van der Waals surface area contributed by atoms with E-state index in [-0.39, 0.29) is 46.6 Å². The number of likely N-dealkylation sites (N-methyl/N-ethyl adjacent to an activating group) is 1. The summed E-state index contributed by atoms with van der Waals surface area (Å²) in [5.74, 6) is -0.555. The molecule has 3 N–H and O–H groups in total. The summed E-state index contributed by atoms with van der Waals surface area (Å²) in [5.41, 5.74) is 0.477. The van der Waals surface area contributed by atoms with Crippen LogP contribution in [0.25, 0.3) is 21.8 Å². The Bertz CT molecular complexity index is 1290. The van der Waals surface area contributed by atoms with Crippen LogP contribution in [0.4, 0.5) is 0 Å². The van der Waals surface area contributed by atoms with Crippen molar-refractivity contribution in [1.82, 2.24) is 19.6 Å². The number of sulfonamides is 1. The van der Waals surface area contributed by atoms with Crippen LogP contribution >= 0.6 is 12.4 Å². The summed E-state index contributed by atoms with van der Waals surface area (Å²) in [4.78, 5) is 30.7. The van der Waals surface area contributed by atoms with E-state index in [1.807, 2.05) is 13.8 Å². The molecular weight excluding hydrogens is 456 g/mol. The third kappa shape index (κ3) is 4.15. The Kier molecular flexibility index (Phi) is 7.29. The maximum atomic E-state index is 13.4. The molecule has 3 heterocycles. The van der Waals surface area contributed by atoms with Crippen molar-refractivity contribution < 1.29 is 17.9 Å². The molecule has 1 saturated heterocycles. The SMILES string of the molecule is CCCOC(=O)c1c[nH]c2c(=O)[nH]c3ccc(S(=O)(=O)N(CC)[C@H]4CCNC4)cc3c12.Cl. The van der Waals surface area contributed by atoms with E-state index in [2.05, 4.69) is 15.3 Å². The molecule has 0 spiro atoms. The van der Waals surface area contributed by atoms with Gasteiger partial charge in [-0.15, -0.1) is 12.4 Å². The maximum Gasteiger partial charge on any atom is 0.340 e. The van der Waals surface area contributed by atoms with Crippen LogP contribution in [0.1, 0.15) is 37.0 Å². The van der Waals surface area contributed by atoms with Crippen LogP contribution in [0.2, 0.25) is 0 Å². The summed E-state index contributed by atoms with van der Waals surface area (Å²) < 4.78 is 33.6. The van der Waals surface area contributed by atoms with E-state index in [1.54, 1.807) is 6.07 Å². The van der Waals surface area contributed by atoms with Gasteiger partial charge >= 0.3 is 5.97 Å². The number of carbonyl (C=O) groups excluding carboxylic acids is 1. The van der Waals surface area contributed by atoms with Gasteiger partial charge in [0.1, 0.15) is 5.52 Å². The molecule has 2 aromatic heterocycles. The van der Waals surface area contributed by atoms with E-state index in [0.29, 0.717) is 35.8 Å². The molecule has 1 atom stereocenters. The van der Waals surface area contributed by atoms with Crippen LogP contribution in [0.3, 0.4) is 0 Å². The van der Waals surface area contributed by atoms with Gasteiger partial charge in [-0.05, 0) is 37.6 Å². The van der Waals surface area contributed by atoms with Crippen molar-refractivity contribution >= 4 is 50.2 Å². The van der Waals surface area contributed by atoms with Crippen LogP contribution in [0.15, 0.2) is 34.1 Å². The molecular formula is C21H27ClN4O5S. The number of nitrogens with zero attached hydrogens (tertiary/aromatic N) is 1. The molecule has 0 unspecified atom stereocenters. The van der Waals surface area contributed by atoms with Gasteiger partial charge in [0.15, 0.2) is 0 Å². The minimum absolute atomic E-state index is 0. The van der Waals surface area contributed by atoms with E-state index >= 15 is 0 Å². The number of aromatic nitrogens is 2. The number of benzene rings is 1. The molecule has 0 saturated carbocycles. The summed E-state index contributed by atoms with van der Waals surface area (Å²) in [6.45, 7) is 5.71. The van der Waals surface area contributed by atoms with E-state index in [4.69, 9.17) is 4.74 Å². The second-order valence-electron chi connectivity index (χ2n) is 7.60. The molecule has 4 rings (SSSR count). The molecule has 9 nitrogen and oxygen atoms in total. The number of hydrogen-bond donors (Lipinski definition) is 3. The normalized spacial score (nSPS) is 16.5. The second-order valence-corrected chi connectivity index (χ2v) is 9.50. The van der Waals surface area contributed by atoms with E-state index in [0.717, 1.165) is 13.0 Å². The predicted octanol–water partition coefficient (Wildman–Crippen LogP) is 2.37. The third-order valence-electron chi connectivity index (χ3n) is 5.63. The molecule has 3 aromatic rings. The van der Waals surface area contributed by atoms with E-state index in [9.17, 15) is 18.0 Å². The predicted molar refractivity (Wildman–Crippen MR) is 125 cm³/mol. The molecule has 174 valence electrons. The lowest BCUT2D eigenvalue weighted by molar-refractivity contribution is 0.0507. The number of rotatable bonds is 7. The standard InChI is InChI=1S/C21H26N4O5S.ClH/c1-3-9-30-21(27)16-12-23-19-18(16)15-10-14(5-6-17(15)24-20(19)26)31(28,29)25(4-2)13-7-8-22-11-13;/h5-6,10,12-13,22-23H,3-4,7-9,11H2,1-2H3,(H,24,26);1H/t13-;/m0./s1. The van der Waals surface area contributed by atoms with Gasteiger partial charge in [-0.1, -0.05) is 13.8 Å². The lowest BCUT2D eigenvalue weighted by Crippen LogP contribution is -2.41. The van der Waals surface area contributed by atoms with E-state index < -0.39 is 16.0 Å². The molecule has 0 radical (unpaired) electrons. The summed E-state index contributed by atoms with van der Waals surface area (Å²) >= 11 is 0. The van der Waals surface area contributed by atoms with Crippen molar-refractivity contribution in [3.05, 3.63) is 40.3 Å². The molecule has 1 aliphatic heterocycles. The zero-order valence-electron chi connectivity index (χ0n) is 17.9. The molecule has 1 aliphatic rings. The zero-order valence-corrected chi connectivity index (χ0v) is 19.6. The number of H-pyrrole nitrogens is 2.